The zero-order valence-electron chi connectivity index (χ0n) is 9.79. The molecule has 2 rings (SSSR count). The zero-order valence-corrected chi connectivity index (χ0v) is 9.79. The first kappa shape index (κ1) is 12.5. The van der Waals surface area contributed by atoms with Crippen molar-refractivity contribution in [1.29, 1.82) is 0 Å². The summed E-state index contributed by atoms with van der Waals surface area (Å²) in [6.07, 6.45) is 1.67. The summed E-state index contributed by atoms with van der Waals surface area (Å²) >= 11 is 0. The van der Waals surface area contributed by atoms with Gasteiger partial charge in [-0.15, -0.1) is 0 Å². The van der Waals surface area contributed by atoms with Crippen LogP contribution >= 0.6 is 0 Å². The molecule has 1 N–H and O–H groups in total. The molecule has 0 saturated heterocycles. The Morgan fingerprint density at radius 3 is 2.78 bits per heavy atom. The van der Waals surface area contributed by atoms with Crippen LogP contribution in [-0.4, -0.2) is 23.3 Å². The van der Waals surface area contributed by atoms with Crippen LogP contribution in [0.2, 0.25) is 0 Å². The van der Waals surface area contributed by atoms with Gasteiger partial charge in [0.05, 0.1) is 19.1 Å². The standard InChI is InChI=1S/C14H14FNO2/c15-12-4-3-5-13(8-12)18-10-11(9-17)14-6-1-2-7-16-14/h1-8,11,17H,9-10H2. The van der Waals surface area contributed by atoms with Crippen molar-refractivity contribution in [3.8, 4) is 5.75 Å². The summed E-state index contributed by atoms with van der Waals surface area (Å²) in [5.74, 6) is -0.107. The van der Waals surface area contributed by atoms with Gasteiger partial charge in [-0.05, 0) is 24.3 Å². The highest BCUT2D eigenvalue weighted by Crippen LogP contribution is 2.17. The van der Waals surface area contributed by atoms with E-state index >= 15 is 0 Å². The number of halogens is 1. The first-order valence-corrected chi connectivity index (χ1v) is 5.70. The fourth-order valence-corrected chi connectivity index (χ4v) is 1.60. The monoisotopic (exact) mass is 247 g/mol. The number of hydrogen-bond donors (Lipinski definition) is 1. The number of pyridine rings is 1. The Hall–Kier alpha value is -1.94. The summed E-state index contributed by atoms with van der Waals surface area (Å²) in [4.78, 5) is 4.17. The third kappa shape index (κ3) is 3.28. The third-order valence-electron chi connectivity index (χ3n) is 2.57. The molecule has 18 heavy (non-hydrogen) atoms. The van der Waals surface area contributed by atoms with Crippen LogP contribution in [-0.2, 0) is 0 Å². The molecule has 0 fully saturated rings. The second-order valence-corrected chi connectivity index (χ2v) is 3.90. The lowest BCUT2D eigenvalue weighted by Gasteiger charge is -2.14. The molecule has 1 unspecified atom stereocenters. The topological polar surface area (TPSA) is 42.4 Å². The minimum absolute atomic E-state index is 0.0632. The van der Waals surface area contributed by atoms with E-state index in [2.05, 4.69) is 4.98 Å². The van der Waals surface area contributed by atoms with Gasteiger partial charge in [0.2, 0.25) is 0 Å². The lowest BCUT2D eigenvalue weighted by atomic mass is 10.1. The Morgan fingerprint density at radius 1 is 1.22 bits per heavy atom. The molecule has 1 heterocycles. The van der Waals surface area contributed by atoms with E-state index in [1.54, 1.807) is 18.3 Å². The van der Waals surface area contributed by atoms with Crippen LogP contribution in [0.15, 0.2) is 48.7 Å². The van der Waals surface area contributed by atoms with E-state index in [-0.39, 0.29) is 24.9 Å². The first-order valence-electron chi connectivity index (χ1n) is 5.70. The molecule has 0 aliphatic carbocycles. The maximum Gasteiger partial charge on any atom is 0.126 e. The van der Waals surface area contributed by atoms with Crippen molar-refractivity contribution < 1.29 is 14.2 Å². The summed E-state index contributed by atoms with van der Waals surface area (Å²) in [5.41, 5.74) is 0.761. The average Bonchev–Trinajstić information content (AvgIpc) is 2.41. The molecule has 0 amide bonds. The average molecular weight is 247 g/mol. The number of aliphatic hydroxyl groups excluding tert-OH is 1. The SMILES string of the molecule is OCC(COc1cccc(F)c1)c1ccccn1. The molecule has 0 saturated carbocycles. The van der Waals surface area contributed by atoms with E-state index in [1.807, 2.05) is 18.2 Å². The molecule has 94 valence electrons. The minimum atomic E-state index is -0.342. The van der Waals surface area contributed by atoms with E-state index in [0.717, 1.165) is 5.69 Å². The lowest BCUT2D eigenvalue weighted by Crippen LogP contribution is -2.15. The Balaban J connectivity index is 2.00. The molecule has 0 spiro atoms. The number of hydrogen-bond acceptors (Lipinski definition) is 3. The smallest absolute Gasteiger partial charge is 0.126 e. The molecule has 0 radical (unpaired) electrons. The Morgan fingerprint density at radius 2 is 2.11 bits per heavy atom. The van der Waals surface area contributed by atoms with Crippen LogP contribution in [0.25, 0.3) is 0 Å². The van der Waals surface area contributed by atoms with Crippen LogP contribution < -0.4 is 4.74 Å². The highest BCUT2D eigenvalue weighted by Gasteiger charge is 2.12. The van der Waals surface area contributed by atoms with Gasteiger partial charge in [-0.2, -0.15) is 0 Å². The second kappa shape index (κ2) is 6.12. The van der Waals surface area contributed by atoms with Crippen molar-refractivity contribution in [2.45, 2.75) is 5.92 Å². The molecule has 1 atom stereocenters. The van der Waals surface area contributed by atoms with E-state index in [4.69, 9.17) is 4.74 Å². The van der Waals surface area contributed by atoms with Crippen LogP contribution in [0.4, 0.5) is 4.39 Å². The van der Waals surface area contributed by atoms with Gasteiger partial charge in [0, 0.05) is 18.0 Å². The van der Waals surface area contributed by atoms with Gasteiger partial charge in [-0.1, -0.05) is 12.1 Å². The number of aromatic nitrogens is 1. The second-order valence-electron chi connectivity index (χ2n) is 3.90. The lowest BCUT2D eigenvalue weighted by molar-refractivity contribution is 0.202. The first-order chi connectivity index (χ1) is 8.79. The summed E-state index contributed by atoms with van der Waals surface area (Å²) in [6, 6.07) is 11.4. The molecular weight excluding hydrogens is 233 g/mol. The van der Waals surface area contributed by atoms with E-state index in [0.29, 0.717) is 5.75 Å². The number of rotatable bonds is 5. The van der Waals surface area contributed by atoms with Gasteiger partial charge < -0.3 is 9.84 Å². The van der Waals surface area contributed by atoms with Gasteiger partial charge in [-0.3, -0.25) is 4.98 Å². The number of ether oxygens (including phenoxy) is 1. The Bertz CT molecular complexity index is 490. The maximum absolute atomic E-state index is 13.0. The molecule has 1 aromatic heterocycles. The Kier molecular flexibility index (Phi) is 4.25. The van der Waals surface area contributed by atoms with E-state index in [1.165, 1.54) is 12.1 Å². The molecule has 0 bridgehead atoms. The van der Waals surface area contributed by atoms with Crippen LogP contribution in [0.3, 0.4) is 0 Å². The van der Waals surface area contributed by atoms with Crippen LogP contribution in [0.5, 0.6) is 5.75 Å². The van der Waals surface area contributed by atoms with Crippen molar-refractivity contribution in [3.63, 3.8) is 0 Å². The summed E-state index contributed by atoms with van der Waals surface area (Å²) in [6.45, 7) is 0.198. The van der Waals surface area contributed by atoms with Gasteiger partial charge in [-0.25, -0.2) is 4.39 Å². The van der Waals surface area contributed by atoms with Crippen molar-refractivity contribution in [2.24, 2.45) is 0 Å². The largest absolute Gasteiger partial charge is 0.493 e. The predicted molar refractivity (Wildman–Crippen MR) is 66.0 cm³/mol. The van der Waals surface area contributed by atoms with Crippen molar-refractivity contribution in [2.75, 3.05) is 13.2 Å². The Labute approximate surface area is 105 Å². The molecular formula is C14H14FNO2. The summed E-state index contributed by atoms with van der Waals surface area (Å²) in [5, 5.41) is 9.32. The zero-order chi connectivity index (χ0) is 12.8. The van der Waals surface area contributed by atoms with Crippen molar-refractivity contribution >= 4 is 0 Å². The summed E-state index contributed by atoms with van der Waals surface area (Å²) in [7, 11) is 0. The number of aliphatic hydroxyl groups is 1. The van der Waals surface area contributed by atoms with Crippen molar-refractivity contribution in [3.05, 3.63) is 60.2 Å². The molecule has 3 nitrogen and oxygen atoms in total. The van der Waals surface area contributed by atoms with E-state index < -0.39 is 0 Å². The predicted octanol–water partition coefficient (Wildman–Crippen LogP) is 2.38. The van der Waals surface area contributed by atoms with Crippen molar-refractivity contribution in [1.82, 2.24) is 4.98 Å². The number of benzene rings is 1. The summed E-state index contributed by atoms with van der Waals surface area (Å²) < 4.78 is 18.4. The van der Waals surface area contributed by atoms with Gasteiger partial charge >= 0.3 is 0 Å². The quantitative estimate of drug-likeness (QED) is 0.882. The molecule has 0 aliphatic heterocycles. The molecule has 2 aromatic rings. The van der Waals surface area contributed by atoms with Crippen LogP contribution in [0.1, 0.15) is 11.6 Å². The maximum atomic E-state index is 13.0. The minimum Gasteiger partial charge on any atom is -0.493 e. The van der Waals surface area contributed by atoms with Gasteiger partial charge in [0.25, 0.3) is 0 Å². The molecule has 1 aromatic carbocycles. The molecule has 4 heteroatoms. The van der Waals surface area contributed by atoms with E-state index in [9.17, 15) is 9.50 Å². The van der Waals surface area contributed by atoms with Crippen LogP contribution in [0, 0.1) is 5.82 Å². The normalized spacial score (nSPS) is 12.1. The van der Waals surface area contributed by atoms with Gasteiger partial charge in [0.1, 0.15) is 11.6 Å². The third-order valence-corrected chi connectivity index (χ3v) is 2.57. The van der Waals surface area contributed by atoms with Gasteiger partial charge in [0.15, 0.2) is 0 Å². The number of nitrogens with zero attached hydrogens (tertiary/aromatic N) is 1. The fraction of sp³-hybridized carbons (Fsp3) is 0.214. The molecule has 0 aliphatic rings. The highest BCUT2D eigenvalue weighted by atomic mass is 19.1. The highest BCUT2D eigenvalue weighted by molar-refractivity contribution is 5.22. The fourth-order valence-electron chi connectivity index (χ4n) is 1.60.